The molecule has 0 aromatic heterocycles. The third-order valence-corrected chi connectivity index (χ3v) is 2.91. The third kappa shape index (κ3) is 1.57. The van der Waals surface area contributed by atoms with E-state index in [1.54, 1.807) is 0 Å². The molecular weight excluding hydrogens is 279 g/mol. The Balaban J connectivity index is 2.63. The fourth-order valence-electron chi connectivity index (χ4n) is 1.47. The number of hydrogen-bond donors (Lipinski definition) is 0. The Hall–Kier alpha value is -0.580. The van der Waals surface area contributed by atoms with Crippen LogP contribution in [-0.2, 0) is 0 Å². The van der Waals surface area contributed by atoms with Gasteiger partial charge in [-0.3, -0.25) is 4.79 Å². The number of aryl methyl sites for hydroxylation is 1. The van der Waals surface area contributed by atoms with Gasteiger partial charge in [0.05, 0.1) is 12.2 Å². The van der Waals surface area contributed by atoms with E-state index in [0.29, 0.717) is 13.0 Å². The largest absolute Gasteiger partial charge is 0.492 e. The number of hydrogen-bond acceptors (Lipinski definition) is 2. The van der Waals surface area contributed by atoms with Gasteiger partial charge in [-0.05, 0) is 47.2 Å². The summed E-state index contributed by atoms with van der Waals surface area (Å²) in [5.74, 6) is 0.950. The first kappa shape index (κ1) is 8.99. The van der Waals surface area contributed by atoms with Crippen molar-refractivity contribution in [3.63, 3.8) is 0 Å². The first-order valence-electron chi connectivity index (χ1n) is 4.14. The lowest BCUT2D eigenvalue weighted by atomic mass is 10.0. The predicted molar refractivity (Wildman–Crippen MR) is 58.3 cm³/mol. The molecule has 0 radical (unpaired) electrons. The zero-order valence-electron chi connectivity index (χ0n) is 7.26. The van der Waals surface area contributed by atoms with E-state index in [4.69, 9.17) is 4.74 Å². The molecule has 1 aromatic carbocycles. The van der Waals surface area contributed by atoms with Crippen LogP contribution in [0.1, 0.15) is 22.3 Å². The Morgan fingerprint density at radius 2 is 2.23 bits per heavy atom. The number of ether oxygens (including phenoxy) is 1. The summed E-state index contributed by atoms with van der Waals surface area (Å²) in [5, 5.41) is 0. The van der Waals surface area contributed by atoms with E-state index in [9.17, 15) is 4.79 Å². The third-order valence-electron chi connectivity index (χ3n) is 2.06. The lowest BCUT2D eigenvalue weighted by Crippen LogP contribution is -2.16. The quantitative estimate of drug-likeness (QED) is 0.686. The summed E-state index contributed by atoms with van der Waals surface area (Å²) in [5.41, 5.74) is 1.90. The van der Waals surface area contributed by atoms with Crippen molar-refractivity contribution < 1.29 is 9.53 Å². The molecule has 0 bridgehead atoms. The van der Waals surface area contributed by atoms with Crippen LogP contribution in [0.3, 0.4) is 0 Å². The summed E-state index contributed by atoms with van der Waals surface area (Å²) in [6, 6.07) is 3.93. The molecular formula is C10H9IO2. The summed E-state index contributed by atoms with van der Waals surface area (Å²) in [6.45, 7) is 2.52. The minimum Gasteiger partial charge on any atom is -0.492 e. The number of Topliss-reactive ketones (excluding diaryl/α,β-unsaturated/α-hetero) is 1. The van der Waals surface area contributed by atoms with Crippen LogP contribution in [0.5, 0.6) is 5.75 Å². The Morgan fingerprint density at radius 1 is 1.46 bits per heavy atom. The first-order valence-corrected chi connectivity index (χ1v) is 5.22. The second-order valence-electron chi connectivity index (χ2n) is 3.14. The van der Waals surface area contributed by atoms with Gasteiger partial charge in [0.15, 0.2) is 5.78 Å². The van der Waals surface area contributed by atoms with E-state index in [1.165, 1.54) is 0 Å². The minimum atomic E-state index is 0.200. The standard InChI is InChI=1S/C10H9IO2/c1-6-4-7(11)10-8(12)2-3-13-9(10)5-6/h4-5H,2-3H2,1H3. The SMILES string of the molecule is Cc1cc(I)c2c(c1)OCCC2=O. The maximum atomic E-state index is 11.5. The number of ketones is 1. The molecule has 0 aliphatic carbocycles. The summed E-state index contributed by atoms with van der Waals surface area (Å²) < 4.78 is 6.43. The number of fused-ring (bicyclic) bond motifs is 1. The molecule has 2 nitrogen and oxygen atoms in total. The predicted octanol–water partition coefficient (Wildman–Crippen LogP) is 2.56. The van der Waals surface area contributed by atoms with Crippen molar-refractivity contribution in [1.29, 1.82) is 0 Å². The van der Waals surface area contributed by atoms with Crippen molar-refractivity contribution in [3.8, 4) is 5.75 Å². The zero-order chi connectivity index (χ0) is 9.42. The number of carbonyl (C=O) groups excluding carboxylic acids is 1. The average molecular weight is 288 g/mol. The van der Waals surface area contributed by atoms with E-state index in [2.05, 4.69) is 22.6 Å². The number of rotatable bonds is 0. The van der Waals surface area contributed by atoms with Crippen LogP contribution in [0.2, 0.25) is 0 Å². The van der Waals surface area contributed by atoms with E-state index in [-0.39, 0.29) is 5.78 Å². The highest BCUT2D eigenvalue weighted by molar-refractivity contribution is 14.1. The van der Waals surface area contributed by atoms with E-state index >= 15 is 0 Å². The van der Waals surface area contributed by atoms with Crippen molar-refractivity contribution in [1.82, 2.24) is 0 Å². The Kier molecular flexibility index (Phi) is 2.27. The van der Waals surface area contributed by atoms with E-state index < -0.39 is 0 Å². The molecule has 0 atom stereocenters. The Labute approximate surface area is 90.4 Å². The monoisotopic (exact) mass is 288 g/mol. The van der Waals surface area contributed by atoms with Crippen LogP contribution < -0.4 is 4.74 Å². The molecule has 0 saturated heterocycles. The first-order chi connectivity index (χ1) is 6.18. The van der Waals surface area contributed by atoms with Gasteiger partial charge in [-0.25, -0.2) is 0 Å². The van der Waals surface area contributed by atoms with Gasteiger partial charge in [0.2, 0.25) is 0 Å². The van der Waals surface area contributed by atoms with Crippen LogP contribution in [0.25, 0.3) is 0 Å². The topological polar surface area (TPSA) is 26.3 Å². The molecule has 0 saturated carbocycles. The molecule has 0 spiro atoms. The van der Waals surface area contributed by atoms with Crippen LogP contribution in [0, 0.1) is 10.5 Å². The molecule has 0 N–H and O–H groups in total. The van der Waals surface area contributed by atoms with Gasteiger partial charge in [-0.2, -0.15) is 0 Å². The van der Waals surface area contributed by atoms with Crippen molar-refractivity contribution >= 4 is 28.4 Å². The molecule has 1 aliphatic rings. The molecule has 68 valence electrons. The molecule has 1 aliphatic heterocycles. The fraction of sp³-hybridized carbons (Fsp3) is 0.300. The van der Waals surface area contributed by atoms with E-state index in [0.717, 1.165) is 20.4 Å². The molecule has 13 heavy (non-hydrogen) atoms. The van der Waals surface area contributed by atoms with Crippen LogP contribution in [-0.4, -0.2) is 12.4 Å². The summed E-state index contributed by atoms with van der Waals surface area (Å²) in [7, 11) is 0. The van der Waals surface area contributed by atoms with Gasteiger partial charge in [0, 0.05) is 9.99 Å². The second kappa shape index (κ2) is 3.29. The molecule has 1 aromatic rings. The van der Waals surface area contributed by atoms with Crippen molar-refractivity contribution in [2.24, 2.45) is 0 Å². The number of carbonyl (C=O) groups is 1. The van der Waals surface area contributed by atoms with Gasteiger partial charge in [0.25, 0.3) is 0 Å². The summed E-state index contributed by atoms with van der Waals surface area (Å²) in [6.07, 6.45) is 0.506. The summed E-state index contributed by atoms with van der Waals surface area (Å²) >= 11 is 2.18. The molecule has 0 fully saturated rings. The minimum absolute atomic E-state index is 0.200. The smallest absolute Gasteiger partial charge is 0.171 e. The van der Waals surface area contributed by atoms with Crippen LogP contribution in [0.4, 0.5) is 0 Å². The highest BCUT2D eigenvalue weighted by atomic mass is 127. The normalized spacial score (nSPS) is 15.1. The molecule has 0 unspecified atom stereocenters. The maximum Gasteiger partial charge on any atom is 0.171 e. The lowest BCUT2D eigenvalue weighted by molar-refractivity contribution is 0.0932. The van der Waals surface area contributed by atoms with Crippen LogP contribution in [0.15, 0.2) is 12.1 Å². The van der Waals surface area contributed by atoms with Gasteiger partial charge in [-0.15, -0.1) is 0 Å². The van der Waals surface area contributed by atoms with Gasteiger partial charge in [0.1, 0.15) is 5.75 Å². The number of benzene rings is 1. The van der Waals surface area contributed by atoms with Crippen LogP contribution >= 0.6 is 22.6 Å². The number of halogens is 1. The van der Waals surface area contributed by atoms with Crippen molar-refractivity contribution in [2.45, 2.75) is 13.3 Å². The molecule has 0 amide bonds. The highest BCUT2D eigenvalue weighted by Gasteiger charge is 2.21. The van der Waals surface area contributed by atoms with Gasteiger partial charge in [-0.1, -0.05) is 0 Å². The maximum absolute atomic E-state index is 11.5. The van der Waals surface area contributed by atoms with E-state index in [1.807, 2.05) is 19.1 Å². The average Bonchev–Trinajstić information content (AvgIpc) is 2.02. The van der Waals surface area contributed by atoms with Crippen molar-refractivity contribution in [2.75, 3.05) is 6.61 Å². The summed E-state index contributed by atoms with van der Waals surface area (Å²) in [4.78, 5) is 11.5. The van der Waals surface area contributed by atoms with Crippen molar-refractivity contribution in [3.05, 3.63) is 26.8 Å². The fourth-order valence-corrected chi connectivity index (χ4v) is 2.53. The molecule has 1 heterocycles. The Morgan fingerprint density at radius 3 is 3.00 bits per heavy atom. The highest BCUT2D eigenvalue weighted by Crippen LogP contribution is 2.30. The van der Waals surface area contributed by atoms with Gasteiger partial charge >= 0.3 is 0 Å². The zero-order valence-corrected chi connectivity index (χ0v) is 9.42. The Bertz CT molecular complexity index is 371. The second-order valence-corrected chi connectivity index (χ2v) is 4.30. The molecule has 3 heteroatoms. The molecule has 2 rings (SSSR count). The lowest BCUT2D eigenvalue weighted by Gasteiger charge is -2.17. The van der Waals surface area contributed by atoms with Gasteiger partial charge < -0.3 is 4.74 Å².